The summed E-state index contributed by atoms with van der Waals surface area (Å²) in [4.78, 5) is 23.2. The highest BCUT2D eigenvalue weighted by Gasteiger charge is 2.23. The molecular formula is C14H23N3O5. The molecule has 1 rings (SSSR count). The van der Waals surface area contributed by atoms with Crippen LogP contribution in [0.3, 0.4) is 0 Å². The van der Waals surface area contributed by atoms with Gasteiger partial charge in [-0.2, -0.15) is 0 Å². The molecule has 0 unspecified atom stereocenters. The molecule has 1 heterocycles. The van der Waals surface area contributed by atoms with Crippen molar-refractivity contribution in [1.82, 2.24) is 9.78 Å². The van der Waals surface area contributed by atoms with Crippen LogP contribution in [0.5, 0.6) is 5.88 Å². The van der Waals surface area contributed by atoms with Crippen molar-refractivity contribution in [3.63, 3.8) is 0 Å². The summed E-state index contributed by atoms with van der Waals surface area (Å²) >= 11 is 0. The first-order valence-electron chi connectivity index (χ1n) is 6.85. The number of rotatable bonds is 6. The number of carbonyl (C=O) groups excluding carboxylic acids is 2. The van der Waals surface area contributed by atoms with E-state index >= 15 is 0 Å². The second-order valence-corrected chi connectivity index (χ2v) is 5.99. The molecule has 0 aliphatic carbocycles. The Morgan fingerprint density at radius 3 is 2.45 bits per heavy atom. The van der Waals surface area contributed by atoms with E-state index < -0.39 is 5.97 Å². The Morgan fingerprint density at radius 2 is 1.91 bits per heavy atom. The standard InChI is InChI=1S/C14H23N3O5/c1-14(2,3)8-9(18)21-6-7-22-12-10(13(19)20-5)11(15)17(4)16-12/h6-8,15H2,1-5H3. The van der Waals surface area contributed by atoms with Gasteiger partial charge in [0, 0.05) is 7.05 Å². The molecule has 0 atom stereocenters. The lowest BCUT2D eigenvalue weighted by Crippen LogP contribution is -2.18. The molecule has 0 bridgehead atoms. The van der Waals surface area contributed by atoms with Crippen molar-refractivity contribution >= 4 is 17.8 Å². The van der Waals surface area contributed by atoms with Crippen LogP contribution < -0.4 is 10.5 Å². The quantitative estimate of drug-likeness (QED) is 0.620. The number of anilines is 1. The van der Waals surface area contributed by atoms with Crippen LogP contribution in [0.15, 0.2) is 0 Å². The number of methoxy groups -OCH3 is 1. The summed E-state index contributed by atoms with van der Waals surface area (Å²) in [5, 5.41) is 3.98. The van der Waals surface area contributed by atoms with Crippen LogP contribution in [0.4, 0.5) is 5.82 Å². The highest BCUT2D eigenvalue weighted by atomic mass is 16.6. The monoisotopic (exact) mass is 313 g/mol. The first-order valence-corrected chi connectivity index (χ1v) is 6.85. The van der Waals surface area contributed by atoms with E-state index in [1.165, 1.54) is 11.8 Å². The van der Waals surface area contributed by atoms with Crippen LogP contribution in [0, 0.1) is 5.41 Å². The fourth-order valence-electron chi connectivity index (χ4n) is 1.68. The first kappa shape index (κ1) is 17.8. The zero-order chi connectivity index (χ0) is 16.9. The van der Waals surface area contributed by atoms with Gasteiger partial charge in [0.05, 0.1) is 13.5 Å². The fraction of sp³-hybridized carbons (Fsp3) is 0.643. The maximum atomic E-state index is 11.6. The summed E-state index contributed by atoms with van der Waals surface area (Å²) in [5.41, 5.74) is 5.66. The summed E-state index contributed by atoms with van der Waals surface area (Å²) < 4.78 is 16.4. The molecule has 0 spiro atoms. The smallest absolute Gasteiger partial charge is 0.347 e. The molecule has 1 aromatic rings. The number of nitrogens with two attached hydrogens (primary N) is 1. The predicted molar refractivity (Wildman–Crippen MR) is 79.5 cm³/mol. The van der Waals surface area contributed by atoms with Crippen molar-refractivity contribution in [3.05, 3.63) is 5.56 Å². The zero-order valence-corrected chi connectivity index (χ0v) is 13.6. The summed E-state index contributed by atoms with van der Waals surface area (Å²) in [6, 6.07) is 0. The van der Waals surface area contributed by atoms with E-state index in [2.05, 4.69) is 9.84 Å². The zero-order valence-electron chi connectivity index (χ0n) is 13.6. The van der Waals surface area contributed by atoms with Gasteiger partial charge in [-0.15, -0.1) is 5.10 Å². The molecule has 0 amide bonds. The first-order chi connectivity index (χ1) is 10.2. The Kier molecular flexibility index (Phi) is 5.78. The third-order valence-electron chi connectivity index (χ3n) is 2.71. The average Bonchev–Trinajstić information content (AvgIpc) is 2.67. The lowest BCUT2D eigenvalue weighted by molar-refractivity contribution is -0.146. The minimum Gasteiger partial charge on any atom is -0.472 e. The van der Waals surface area contributed by atoms with E-state index in [4.69, 9.17) is 15.2 Å². The topological polar surface area (TPSA) is 106 Å². The number of aryl methyl sites for hydroxylation is 1. The molecular weight excluding hydrogens is 290 g/mol. The molecule has 0 aliphatic rings. The lowest BCUT2D eigenvalue weighted by Gasteiger charge is -2.16. The summed E-state index contributed by atoms with van der Waals surface area (Å²) in [7, 11) is 2.82. The minimum atomic E-state index is -0.634. The van der Waals surface area contributed by atoms with E-state index in [1.54, 1.807) is 7.05 Å². The van der Waals surface area contributed by atoms with Gasteiger partial charge in [-0.05, 0) is 5.41 Å². The summed E-state index contributed by atoms with van der Waals surface area (Å²) in [6.07, 6.45) is 0.316. The van der Waals surface area contributed by atoms with Crippen LogP contribution in [0.2, 0.25) is 0 Å². The third kappa shape index (κ3) is 4.94. The molecule has 124 valence electrons. The molecule has 8 heteroatoms. The highest BCUT2D eigenvalue weighted by Crippen LogP contribution is 2.24. The van der Waals surface area contributed by atoms with Crippen LogP contribution in [-0.4, -0.2) is 42.0 Å². The average molecular weight is 313 g/mol. The number of aromatic nitrogens is 2. The molecule has 0 aromatic carbocycles. The van der Waals surface area contributed by atoms with E-state index in [1.807, 2.05) is 20.8 Å². The van der Waals surface area contributed by atoms with Crippen molar-refractivity contribution in [3.8, 4) is 5.88 Å². The van der Waals surface area contributed by atoms with Crippen molar-refractivity contribution in [1.29, 1.82) is 0 Å². The third-order valence-corrected chi connectivity index (χ3v) is 2.71. The highest BCUT2D eigenvalue weighted by molar-refractivity contribution is 5.96. The van der Waals surface area contributed by atoms with Crippen molar-refractivity contribution < 1.29 is 23.8 Å². The molecule has 22 heavy (non-hydrogen) atoms. The number of nitrogens with zero attached hydrogens (tertiary/aromatic N) is 2. The van der Waals surface area contributed by atoms with Gasteiger partial charge in [0.2, 0.25) is 5.88 Å². The number of carbonyl (C=O) groups is 2. The van der Waals surface area contributed by atoms with Gasteiger partial charge in [-0.25, -0.2) is 9.48 Å². The molecule has 0 radical (unpaired) electrons. The number of nitrogen functional groups attached to an aromatic ring is 1. The predicted octanol–water partition coefficient (Wildman–Crippen LogP) is 1.15. The SMILES string of the molecule is COC(=O)c1c(OCCOC(=O)CC(C)(C)C)nn(C)c1N. The molecule has 8 nitrogen and oxygen atoms in total. The summed E-state index contributed by atoms with van der Waals surface area (Å²) in [5.74, 6) is -0.736. The van der Waals surface area contributed by atoms with Crippen LogP contribution in [0.1, 0.15) is 37.6 Å². The second kappa shape index (κ2) is 7.15. The molecule has 0 fully saturated rings. The molecule has 0 saturated carbocycles. The van der Waals surface area contributed by atoms with Crippen molar-refractivity contribution in [2.45, 2.75) is 27.2 Å². The fourth-order valence-corrected chi connectivity index (χ4v) is 1.68. The number of esters is 2. The largest absolute Gasteiger partial charge is 0.472 e. The van der Waals surface area contributed by atoms with Gasteiger partial charge in [0.15, 0.2) is 5.56 Å². The summed E-state index contributed by atoms with van der Waals surface area (Å²) in [6.45, 7) is 5.97. The van der Waals surface area contributed by atoms with Gasteiger partial charge in [-0.3, -0.25) is 4.79 Å². The van der Waals surface area contributed by atoms with Crippen molar-refractivity contribution in [2.24, 2.45) is 12.5 Å². The van der Waals surface area contributed by atoms with E-state index in [-0.39, 0.29) is 41.9 Å². The molecule has 2 N–H and O–H groups in total. The Hall–Kier alpha value is -2.25. The molecule has 1 aromatic heterocycles. The Balaban J connectivity index is 2.54. The Bertz CT molecular complexity index is 545. The van der Waals surface area contributed by atoms with Crippen LogP contribution >= 0.6 is 0 Å². The van der Waals surface area contributed by atoms with Gasteiger partial charge >= 0.3 is 11.9 Å². The van der Waals surface area contributed by atoms with Gasteiger partial charge in [-0.1, -0.05) is 20.8 Å². The van der Waals surface area contributed by atoms with Crippen LogP contribution in [-0.2, 0) is 21.3 Å². The van der Waals surface area contributed by atoms with E-state index in [0.29, 0.717) is 6.42 Å². The Morgan fingerprint density at radius 1 is 1.27 bits per heavy atom. The molecule has 0 saturated heterocycles. The normalized spacial score (nSPS) is 11.1. The van der Waals surface area contributed by atoms with E-state index in [9.17, 15) is 9.59 Å². The number of hydrogen-bond donors (Lipinski definition) is 1. The van der Waals surface area contributed by atoms with Crippen LogP contribution in [0.25, 0.3) is 0 Å². The second-order valence-electron chi connectivity index (χ2n) is 5.99. The van der Waals surface area contributed by atoms with Crippen molar-refractivity contribution in [2.75, 3.05) is 26.1 Å². The minimum absolute atomic E-state index is 0.0544. The van der Waals surface area contributed by atoms with Gasteiger partial charge < -0.3 is 19.9 Å². The maximum absolute atomic E-state index is 11.6. The number of hydrogen-bond acceptors (Lipinski definition) is 7. The van der Waals surface area contributed by atoms with Gasteiger partial charge in [0.1, 0.15) is 19.0 Å². The maximum Gasteiger partial charge on any atom is 0.347 e. The van der Waals surface area contributed by atoms with Gasteiger partial charge in [0.25, 0.3) is 0 Å². The Labute approximate surface area is 129 Å². The molecule has 0 aliphatic heterocycles. The van der Waals surface area contributed by atoms with E-state index in [0.717, 1.165) is 0 Å². The lowest BCUT2D eigenvalue weighted by atomic mass is 9.93. The number of ether oxygens (including phenoxy) is 3.